The summed E-state index contributed by atoms with van der Waals surface area (Å²) in [5.74, 6) is -0.208. The Balaban J connectivity index is 1.45. The molecule has 0 saturated carbocycles. The van der Waals surface area contributed by atoms with Crippen LogP contribution in [0.25, 0.3) is 5.65 Å². The standard InChI is InChI=1S/C21H20FN5O2/c1-13(28)27-10-15-9-26(11-18(15)19(27)14-4-2-5-16(22)8-14)21(29)17-6-3-7-25-12-23-24-20(17)25/h2-8,12,15,18-19H,9-11H2,1H3/t15-,18-,19+/m1/s1. The molecular formula is C21H20FN5O2. The maximum absolute atomic E-state index is 13.9. The summed E-state index contributed by atoms with van der Waals surface area (Å²) in [5.41, 5.74) is 1.82. The molecule has 0 N–H and O–H groups in total. The van der Waals surface area contributed by atoms with E-state index in [-0.39, 0.29) is 35.5 Å². The van der Waals surface area contributed by atoms with E-state index in [2.05, 4.69) is 10.2 Å². The number of nitrogens with zero attached hydrogens (tertiary/aromatic N) is 5. The normalized spacial score (nSPS) is 23.6. The second kappa shape index (κ2) is 6.65. The Morgan fingerprint density at radius 3 is 2.79 bits per heavy atom. The van der Waals surface area contributed by atoms with Crippen LogP contribution in [-0.4, -0.2) is 55.8 Å². The summed E-state index contributed by atoms with van der Waals surface area (Å²) < 4.78 is 15.6. The molecule has 3 atom stereocenters. The Morgan fingerprint density at radius 2 is 2.00 bits per heavy atom. The maximum atomic E-state index is 13.9. The lowest BCUT2D eigenvalue weighted by molar-refractivity contribution is -0.130. The first kappa shape index (κ1) is 17.8. The SMILES string of the molecule is CC(=O)N1C[C@H]2CN(C(=O)c3cccn4cnnc34)C[C@H]2[C@@H]1c1cccc(F)c1. The molecule has 0 spiro atoms. The fraction of sp³-hybridized carbons (Fsp3) is 0.333. The third kappa shape index (κ3) is 2.86. The summed E-state index contributed by atoms with van der Waals surface area (Å²) in [5, 5.41) is 7.94. The van der Waals surface area contributed by atoms with Crippen LogP contribution in [0.2, 0.25) is 0 Å². The van der Waals surface area contributed by atoms with Gasteiger partial charge in [-0.05, 0) is 29.8 Å². The highest BCUT2D eigenvalue weighted by Gasteiger charge is 2.49. The van der Waals surface area contributed by atoms with E-state index in [1.807, 2.05) is 15.9 Å². The molecule has 2 aliphatic heterocycles. The minimum absolute atomic E-state index is 0.0280. The molecular weight excluding hydrogens is 373 g/mol. The Bertz CT molecular complexity index is 1110. The fourth-order valence-corrected chi connectivity index (χ4v) is 4.84. The summed E-state index contributed by atoms with van der Waals surface area (Å²) in [7, 11) is 0. The third-order valence-electron chi connectivity index (χ3n) is 6.10. The topological polar surface area (TPSA) is 70.8 Å². The maximum Gasteiger partial charge on any atom is 0.257 e. The molecule has 5 rings (SSSR count). The van der Waals surface area contributed by atoms with Gasteiger partial charge in [0.05, 0.1) is 11.6 Å². The zero-order chi connectivity index (χ0) is 20.1. The van der Waals surface area contributed by atoms with E-state index in [0.29, 0.717) is 30.8 Å². The molecule has 4 heterocycles. The van der Waals surface area contributed by atoms with Crippen molar-refractivity contribution in [2.45, 2.75) is 13.0 Å². The average Bonchev–Trinajstić information content (AvgIpc) is 3.40. The van der Waals surface area contributed by atoms with Crippen molar-refractivity contribution >= 4 is 17.5 Å². The van der Waals surface area contributed by atoms with Crippen LogP contribution in [0.3, 0.4) is 0 Å². The molecule has 148 valence electrons. The molecule has 2 fully saturated rings. The van der Waals surface area contributed by atoms with Gasteiger partial charge in [0.1, 0.15) is 12.1 Å². The molecule has 2 amide bonds. The second-order valence-electron chi connectivity index (χ2n) is 7.79. The largest absolute Gasteiger partial charge is 0.338 e. The Labute approximate surface area is 166 Å². The highest BCUT2D eigenvalue weighted by molar-refractivity contribution is 5.99. The molecule has 29 heavy (non-hydrogen) atoms. The molecule has 7 nitrogen and oxygen atoms in total. The number of aromatic nitrogens is 3. The van der Waals surface area contributed by atoms with Crippen LogP contribution in [0.5, 0.6) is 0 Å². The van der Waals surface area contributed by atoms with Crippen molar-refractivity contribution in [2.75, 3.05) is 19.6 Å². The van der Waals surface area contributed by atoms with Crippen LogP contribution >= 0.6 is 0 Å². The summed E-state index contributed by atoms with van der Waals surface area (Å²) in [6, 6.07) is 9.74. The van der Waals surface area contributed by atoms with Crippen molar-refractivity contribution in [1.82, 2.24) is 24.4 Å². The minimum Gasteiger partial charge on any atom is -0.338 e. The van der Waals surface area contributed by atoms with Crippen LogP contribution in [0.4, 0.5) is 4.39 Å². The van der Waals surface area contributed by atoms with Gasteiger partial charge < -0.3 is 9.80 Å². The Kier molecular flexibility index (Phi) is 4.08. The second-order valence-corrected chi connectivity index (χ2v) is 7.79. The Hall–Kier alpha value is -3.29. The van der Waals surface area contributed by atoms with E-state index < -0.39 is 0 Å². The lowest BCUT2D eigenvalue weighted by Gasteiger charge is -2.29. The smallest absolute Gasteiger partial charge is 0.257 e. The molecule has 8 heteroatoms. The number of likely N-dealkylation sites (tertiary alicyclic amines) is 2. The zero-order valence-corrected chi connectivity index (χ0v) is 15.9. The number of benzene rings is 1. The lowest BCUT2D eigenvalue weighted by atomic mass is 9.89. The van der Waals surface area contributed by atoms with Crippen LogP contribution in [0, 0.1) is 17.7 Å². The van der Waals surface area contributed by atoms with E-state index in [9.17, 15) is 14.0 Å². The van der Waals surface area contributed by atoms with Crippen LogP contribution in [0.1, 0.15) is 28.9 Å². The Morgan fingerprint density at radius 1 is 1.14 bits per heavy atom. The van der Waals surface area contributed by atoms with Gasteiger partial charge in [-0.25, -0.2) is 4.39 Å². The third-order valence-corrected chi connectivity index (χ3v) is 6.10. The number of fused-ring (bicyclic) bond motifs is 2. The fourth-order valence-electron chi connectivity index (χ4n) is 4.84. The van der Waals surface area contributed by atoms with Gasteiger partial charge in [-0.15, -0.1) is 10.2 Å². The summed E-state index contributed by atoms with van der Waals surface area (Å²) >= 11 is 0. The van der Waals surface area contributed by atoms with Gasteiger partial charge in [0, 0.05) is 44.6 Å². The number of hydrogen-bond donors (Lipinski definition) is 0. The number of carbonyl (C=O) groups is 2. The van der Waals surface area contributed by atoms with Crippen molar-refractivity contribution in [1.29, 1.82) is 0 Å². The number of halogens is 1. The molecule has 0 bridgehead atoms. The molecule has 0 aliphatic carbocycles. The molecule has 2 aromatic heterocycles. The van der Waals surface area contributed by atoms with E-state index in [1.54, 1.807) is 42.0 Å². The predicted octanol–water partition coefficient (Wildman–Crippen LogP) is 2.16. The highest BCUT2D eigenvalue weighted by Crippen LogP contribution is 2.45. The molecule has 3 aromatic rings. The summed E-state index contributed by atoms with van der Waals surface area (Å²) in [4.78, 5) is 29.1. The van der Waals surface area contributed by atoms with Crippen molar-refractivity contribution < 1.29 is 14.0 Å². The van der Waals surface area contributed by atoms with Gasteiger partial charge in [-0.1, -0.05) is 12.1 Å². The first-order valence-corrected chi connectivity index (χ1v) is 9.63. The molecule has 2 saturated heterocycles. The first-order valence-electron chi connectivity index (χ1n) is 9.63. The number of amides is 2. The van der Waals surface area contributed by atoms with Crippen molar-refractivity contribution in [3.63, 3.8) is 0 Å². The van der Waals surface area contributed by atoms with E-state index >= 15 is 0 Å². The van der Waals surface area contributed by atoms with Gasteiger partial charge in [0.25, 0.3) is 5.91 Å². The number of rotatable bonds is 2. The van der Waals surface area contributed by atoms with E-state index in [1.165, 1.54) is 12.1 Å². The highest BCUT2D eigenvalue weighted by atomic mass is 19.1. The quantitative estimate of drug-likeness (QED) is 0.669. The number of pyridine rings is 1. The van der Waals surface area contributed by atoms with E-state index in [4.69, 9.17) is 0 Å². The van der Waals surface area contributed by atoms with E-state index in [0.717, 1.165) is 5.56 Å². The summed E-state index contributed by atoms with van der Waals surface area (Å²) in [6.45, 7) is 3.19. The monoisotopic (exact) mass is 393 g/mol. The van der Waals surface area contributed by atoms with Crippen molar-refractivity contribution in [2.24, 2.45) is 11.8 Å². The molecule has 0 unspecified atom stereocenters. The van der Waals surface area contributed by atoms with Crippen molar-refractivity contribution in [3.05, 3.63) is 65.9 Å². The van der Waals surface area contributed by atoms with Crippen LogP contribution in [-0.2, 0) is 4.79 Å². The van der Waals surface area contributed by atoms with Crippen LogP contribution in [0.15, 0.2) is 48.9 Å². The van der Waals surface area contributed by atoms with Gasteiger partial charge >= 0.3 is 0 Å². The molecule has 2 aliphatic rings. The zero-order valence-electron chi connectivity index (χ0n) is 15.9. The minimum atomic E-state index is -0.320. The number of hydrogen-bond acceptors (Lipinski definition) is 4. The summed E-state index contributed by atoms with van der Waals surface area (Å²) in [6.07, 6.45) is 3.37. The van der Waals surface area contributed by atoms with Gasteiger partial charge in [0.2, 0.25) is 5.91 Å². The molecule has 1 aromatic carbocycles. The van der Waals surface area contributed by atoms with Crippen LogP contribution < -0.4 is 0 Å². The predicted molar refractivity (Wildman–Crippen MR) is 102 cm³/mol. The van der Waals surface area contributed by atoms with Crippen molar-refractivity contribution in [3.8, 4) is 0 Å². The first-order chi connectivity index (χ1) is 14.0. The molecule has 0 radical (unpaired) electrons. The lowest BCUT2D eigenvalue weighted by Crippen LogP contribution is -2.36. The number of carbonyl (C=O) groups excluding carboxylic acids is 2. The van der Waals surface area contributed by atoms with Gasteiger partial charge in [-0.2, -0.15) is 0 Å². The average molecular weight is 393 g/mol. The van der Waals surface area contributed by atoms with Gasteiger partial charge in [0.15, 0.2) is 5.65 Å². The van der Waals surface area contributed by atoms with Gasteiger partial charge in [-0.3, -0.25) is 14.0 Å².